The fourth-order valence-corrected chi connectivity index (χ4v) is 4.80. The maximum atomic E-state index is 12.2. The Morgan fingerprint density at radius 3 is 2.57 bits per heavy atom. The lowest BCUT2D eigenvalue weighted by Crippen LogP contribution is -2.39. The molecule has 0 radical (unpaired) electrons. The van der Waals surface area contributed by atoms with Crippen LogP contribution in [-0.4, -0.2) is 30.6 Å². The second-order valence-electron chi connectivity index (χ2n) is 7.61. The van der Waals surface area contributed by atoms with Gasteiger partial charge in [-0.3, -0.25) is 0 Å². The summed E-state index contributed by atoms with van der Waals surface area (Å²) in [5.74, 6) is 0.510. The zero-order valence-electron chi connectivity index (χ0n) is 16.4. The van der Waals surface area contributed by atoms with Crippen molar-refractivity contribution in [3.8, 4) is 0 Å². The second-order valence-corrected chi connectivity index (χ2v) is 8.62. The summed E-state index contributed by atoms with van der Waals surface area (Å²) in [6.45, 7) is 6.77. The molecule has 5 nitrogen and oxygen atoms in total. The van der Waals surface area contributed by atoms with Crippen LogP contribution in [0.5, 0.6) is 0 Å². The predicted molar refractivity (Wildman–Crippen MR) is 117 cm³/mol. The van der Waals surface area contributed by atoms with Crippen molar-refractivity contribution in [2.24, 2.45) is 5.92 Å². The number of carbonyl (C=O) groups excluding carboxylic acids is 1. The zero-order valence-corrected chi connectivity index (χ0v) is 17.2. The van der Waals surface area contributed by atoms with Gasteiger partial charge in [0, 0.05) is 25.3 Å². The number of aryl methyl sites for hydroxylation is 2. The maximum absolute atomic E-state index is 12.2. The summed E-state index contributed by atoms with van der Waals surface area (Å²) in [6, 6.07) is 14.2. The summed E-state index contributed by atoms with van der Waals surface area (Å²) >= 11 is 1.76. The smallest absolute Gasteiger partial charge is 0.319 e. The molecule has 1 fully saturated rings. The number of fused-ring (bicyclic) bond motifs is 1. The molecule has 0 atom stereocenters. The second kappa shape index (κ2) is 8.19. The Kier molecular flexibility index (Phi) is 5.48. The maximum Gasteiger partial charge on any atom is 0.319 e. The van der Waals surface area contributed by atoms with Gasteiger partial charge in [0.15, 0.2) is 5.13 Å². The Bertz CT molecular complexity index is 922. The number of carbonyl (C=O) groups is 1. The lowest BCUT2D eigenvalue weighted by Gasteiger charge is -2.31. The number of nitrogens with one attached hydrogen (secondary N) is 2. The molecule has 0 bridgehead atoms. The van der Waals surface area contributed by atoms with Gasteiger partial charge in [-0.25, -0.2) is 9.78 Å². The molecule has 28 heavy (non-hydrogen) atoms. The van der Waals surface area contributed by atoms with Gasteiger partial charge in [0.1, 0.15) is 0 Å². The van der Waals surface area contributed by atoms with Crippen LogP contribution in [-0.2, 0) is 0 Å². The normalized spacial score (nSPS) is 15.0. The topological polar surface area (TPSA) is 57.3 Å². The highest BCUT2D eigenvalue weighted by Crippen LogP contribution is 2.31. The summed E-state index contributed by atoms with van der Waals surface area (Å²) in [5.41, 5.74) is 4.23. The molecule has 0 spiro atoms. The van der Waals surface area contributed by atoms with Crippen LogP contribution >= 0.6 is 11.3 Å². The summed E-state index contributed by atoms with van der Waals surface area (Å²) < 4.78 is 1.24. The van der Waals surface area contributed by atoms with Gasteiger partial charge in [0.25, 0.3) is 0 Å². The number of hydrogen-bond donors (Lipinski definition) is 2. The molecule has 0 aliphatic carbocycles. The first kappa shape index (κ1) is 18.7. The van der Waals surface area contributed by atoms with Gasteiger partial charge in [-0.05, 0) is 68.0 Å². The quantitative estimate of drug-likeness (QED) is 0.658. The number of urea groups is 1. The minimum atomic E-state index is -0.126. The minimum Gasteiger partial charge on any atom is -0.348 e. The summed E-state index contributed by atoms with van der Waals surface area (Å²) in [7, 11) is 0. The molecular weight excluding hydrogens is 368 g/mol. The lowest BCUT2D eigenvalue weighted by atomic mass is 9.97. The molecule has 2 aromatic carbocycles. The van der Waals surface area contributed by atoms with Crippen LogP contribution in [0.4, 0.5) is 15.6 Å². The SMILES string of the molecule is Cc1cc(C)cc(NC(=O)NCC2CCN(c3nc4ccccc4s3)CC2)c1. The average molecular weight is 395 g/mol. The molecule has 3 aromatic rings. The van der Waals surface area contributed by atoms with E-state index in [2.05, 4.69) is 39.8 Å². The van der Waals surface area contributed by atoms with Gasteiger partial charge in [-0.2, -0.15) is 0 Å². The molecular formula is C22H26N4OS. The van der Waals surface area contributed by atoms with Gasteiger partial charge in [0.2, 0.25) is 0 Å². The highest BCUT2D eigenvalue weighted by molar-refractivity contribution is 7.22. The van der Waals surface area contributed by atoms with Crippen molar-refractivity contribution in [2.45, 2.75) is 26.7 Å². The third kappa shape index (κ3) is 4.44. The van der Waals surface area contributed by atoms with E-state index in [1.807, 2.05) is 32.0 Å². The van der Waals surface area contributed by atoms with Gasteiger partial charge < -0.3 is 15.5 Å². The van der Waals surface area contributed by atoms with Crippen molar-refractivity contribution in [1.82, 2.24) is 10.3 Å². The van der Waals surface area contributed by atoms with E-state index in [1.54, 1.807) is 11.3 Å². The number of piperidine rings is 1. The van der Waals surface area contributed by atoms with E-state index in [9.17, 15) is 4.79 Å². The largest absolute Gasteiger partial charge is 0.348 e. The van der Waals surface area contributed by atoms with Crippen molar-refractivity contribution in [1.29, 1.82) is 0 Å². The van der Waals surface area contributed by atoms with E-state index >= 15 is 0 Å². The van der Waals surface area contributed by atoms with Gasteiger partial charge in [0.05, 0.1) is 10.2 Å². The van der Waals surface area contributed by atoms with Crippen LogP contribution < -0.4 is 15.5 Å². The third-order valence-electron chi connectivity index (χ3n) is 5.20. The first-order valence-electron chi connectivity index (χ1n) is 9.80. The Hall–Kier alpha value is -2.60. The molecule has 2 amide bonds. The molecule has 1 aliphatic heterocycles. The van der Waals surface area contributed by atoms with Crippen molar-refractivity contribution in [3.63, 3.8) is 0 Å². The summed E-state index contributed by atoms with van der Waals surface area (Å²) in [4.78, 5) is 19.4. The number of nitrogens with zero attached hydrogens (tertiary/aromatic N) is 2. The van der Waals surface area contributed by atoms with Crippen LogP contribution in [0.2, 0.25) is 0 Å². The summed E-state index contributed by atoms with van der Waals surface area (Å²) in [6.07, 6.45) is 2.14. The number of anilines is 2. The Balaban J connectivity index is 1.25. The van der Waals surface area contributed by atoms with Crippen molar-refractivity contribution in [3.05, 3.63) is 53.6 Å². The first-order chi connectivity index (χ1) is 13.6. The third-order valence-corrected chi connectivity index (χ3v) is 6.30. The number of amides is 2. The molecule has 1 saturated heterocycles. The molecule has 1 aliphatic rings. The molecule has 0 unspecified atom stereocenters. The lowest BCUT2D eigenvalue weighted by molar-refractivity contribution is 0.248. The molecule has 0 saturated carbocycles. The van der Waals surface area contributed by atoms with Gasteiger partial charge >= 0.3 is 6.03 Å². The minimum absolute atomic E-state index is 0.126. The van der Waals surface area contributed by atoms with Crippen molar-refractivity contribution in [2.75, 3.05) is 29.9 Å². The number of aromatic nitrogens is 1. The standard InChI is InChI=1S/C22H26N4OS/c1-15-11-16(2)13-18(12-15)24-21(27)23-14-17-7-9-26(10-8-17)22-25-19-5-3-4-6-20(19)28-22/h3-6,11-13,17H,7-10,14H2,1-2H3,(H2,23,24,27). The summed E-state index contributed by atoms with van der Waals surface area (Å²) in [5, 5.41) is 7.09. The van der Waals surface area contributed by atoms with E-state index in [-0.39, 0.29) is 6.03 Å². The number of para-hydroxylation sites is 1. The van der Waals surface area contributed by atoms with E-state index in [4.69, 9.17) is 4.98 Å². The van der Waals surface area contributed by atoms with E-state index < -0.39 is 0 Å². The fourth-order valence-electron chi connectivity index (χ4n) is 3.78. The Labute approximate surface area is 169 Å². The molecule has 1 aromatic heterocycles. The van der Waals surface area contributed by atoms with E-state index in [0.717, 1.165) is 53.4 Å². The molecule has 2 heterocycles. The van der Waals surface area contributed by atoms with Crippen LogP contribution in [0.25, 0.3) is 10.2 Å². The number of thiazole rings is 1. The Morgan fingerprint density at radius 2 is 1.86 bits per heavy atom. The predicted octanol–water partition coefficient (Wildman–Crippen LogP) is 4.95. The van der Waals surface area contributed by atoms with Crippen molar-refractivity contribution < 1.29 is 4.79 Å². The van der Waals surface area contributed by atoms with E-state index in [0.29, 0.717) is 12.5 Å². The fraction of sp³-hybridized carbons (Fsp3) is 0.364. The number of hydrogen-bond acceptors (Lipinski definition) is 4. The monoisotopic (exact) mass is 394 g/mol. The highest BCUT2D eigenvalue weighted by atomic mass is 32.1. The highest BCUT2D eigenvalue weighted by Gasteiger charge is 2.22. The van der Waals surface area contributed by atoms with Gasteiger partial charge in [-0.1, -0.05) is 29.5 Å². The van der Waals surface area contributed by atoms with Crippen LogP contribution in [0, 0.1) is 19.8 Å². The molecule has 146 valence electrons. The number of benzene rings is 2. The van der Waals surface area contributed by atoms with Gasteiger partial charge in [-0.15, -0.1) is 0 Å². The van der Waals surface area contributed by atoms with E-state index in [1.165, 1.54) is 4.70 Å². The molecule has 4 rings (SSSR count). The van der Waals surface area contributed by atoms with Crippen LogP contribution in [0.3, 0.4) is 0 Å². The zero-order chi connectivity index (χ0) is 19.5. The molecule has 2 N–H and O–H groups in total. The van der Waals surface area contributed by atoms with Crippen molar-refractivity contribution >= 4 is 38.4 Å². The average Bonchev–Trinajstić information content (AvgIpc) is 3.10. The van der Waals surface area contributed by atoms with Crippen LogP contribution in [0.1, 0.15) is 24.0 Å². The first-order valence-corrected chi connectivity index (χ1v) is 10.6. The number of rotatable bonds is 4. The Morgan fingerprint density at radius 1 is 1.14 bits per heavy atom. The van der Waals surface area contributed by atoms with Crippen LogP contribution in [0.15, 0.2) is 42.5 Å². The molecule has 6 heteroatoms.